The molecule has 0 aliphatic carbocycles. The molecule has 0 saturated carbocycles. The molecule has 52 heavy (non-hydrogen) atoms. The molecule has 2 N–H and O–H groups in total. The summed E-state index contributed by atoms with van der Waals surface area (Å²) in [5.74, 6) is -1.29. The highest BCUT2D eigenvalue weighted by atomic mass is 35.5. The molecule has 0 spiro atoms. The molecule has 0 bridgehead atoms. The summed E-state index contributed by atoms with van der Waals surface area (Å²) in [6, 6.07) is 9.70. The number of benzene rings is 2. The van der Waals surface area contributed by atoms with Gasteiger partial charge in [0, 0.05) is 61.6 Å². The Kier molecular flexibility index (Phi) is 8.84. The largest absolute Gasteiger partial charge is 0.461 e. The van der Waals surface area contributed by atoms with E-state index >= 15 is 4.39 Å². The second kappa shape index (κ2) is 13.4. The summed E-state index contributed by atoms with van der Waals surface area (Å²) in [7, 11) is 1.73. The van der Waals surface area contributed by atoms with Crippen molar-refractivity contribution in [1.82, 2.24) is 19.9 Å². The normalized spacial score (nSPS) is 20.8. The number of nitrogens with zero attached hydrogens (tertiary/aromatic N) is 7. The number of hydrogen-bond donors (Lipinski definition) is 1. The van der Waals surface area contributed by atoms with Crippen LogP contribution in [-0.2, 0) is 4.79 Å². The number of aromatic nitrogens is 3. The zero-order valence-corrected chi connectivity index (χ0v) is 29.8. The lowest BCUT2D eigenvalue weighted by atomic mass is 9.94. The summed E-state index contributed by atoms with van der Waals surface area (Å²) in [6.07, 6.45) is 5.38. The number of thiophene rings is 1. The van der Waals surface area contributed by atoms with Crippen molar-refractivity contribution in [3.8, 4) is 23.2 Å². The second-order valence-corrected chi connectivity index (χ2v) is 15.2. The zero-order chi connectivity index (χ0) is 36.3. The minimum atomic E-state index is -0.961. The molecule has 5 aromatic rings. The SMILES string of the molecule is CN(C(=O)C1CCN(c2nc(OC[C@@]34CCCN3C[C@H](F)C4)nc3c(F)c(-c4ccc(F)c5sc(N)c(C#N)c45)c(Cl)cc23)CC1)c1cccnc1. The van der Waals surface area contributed by atoms with Gasteiger partial charge in [0.2, 0.25) is 5.91 Å². The van der Waals surface area contributed by atoms with Gasteiger partial charge in [0.1, 0.15) is 41.0 Å². The van der Waals surface area contributed by atoms with Crippen LogP contribution in [0.3, 0.4) is 0 Å². The average Bonchev–Trinajstić information content (AvgIpc) is 3.80. The van der Waals surface area contributed by atoms with E-state index in [0.29, 0.717) is 55.8 Å². The number of pyridine rings is 1. The van der Waals surface area contributed by atoms with Crippen LogP contribution in [0, 0.1) is 28.9 Å². The fourth-order valence-corrected chi connectivity index (χ4v) is 9.40. The Labute approximate surface area is 306 Å². The number of hydrogen-bond acceptors (Lipinski definition) is 10. The van der Waals surface area contributed by atoms with Gasteiger partial charge in [-0.1, -0.05) is 17.7 Å². The number of carbonyl (C=O) groups is 1. The highest BCUT2D eigenvalue weighted by Crippen LogP contribution is 2.46. The number of rotatable bonds is 7. The van der Waals surface area contributed by atoms with Gasteiger partial charge in [-0.2, -0.15) is 15.2 Å². The van der Waals surface area contributed by atoms with Gasteiger partial charge in [-0.3, -0.25) is 14.7 Å². The van der Waals surface area contributed by atoms with Crippen LogP contribution in [0.5, 0.6) is 6.01 Å². The number of halogens is 4. The highest BCUT2D eigenvalue weighted by molar-refractivity contribution is 7.23. The maximum atomic E-state index is 17.1. The molecule has 0 radical (unpaired) electrons. The molecule has 15 heteroatoms. The second-order valence-electron chi connectivity index (χ2n) is 13.8. The number of piperidine rings is 1. The first kappa shape index (κ1) is 34.4. The number of amides is 1. The smallest absolute Gasteiger partial charge is 0.319 e. The van der Waals surface area contributed by atoms with Crippen LogP contribution in [0.4, 0.5) is 29.7 Å². The predicted molar refractivity (Wildman–Crippen MR) is 196 cm³/mol. The molecule has 268 valence electrons. The molecule has 3 aliphatic rings. The van der Waals surface area contributed by atoms with Crippen molar-refractivity contribution in [2.75, 3.05) is 55.4 Å². The molecule has 1 amide bonds. The molecule has 2 atom stereocenters. The van der Waals surface area contributed by atoms with Crippen molar-refractivity contribution in [3.05, 3.63) is 64.9 Å². The maximum Gasteiger partial charge on any atom is 0.319 e. The predicted octanol–water partition coefficient (Wildman–Crippen LogP) is 7.13. The number of fused-ring (bicyclic) bond motifs is 3. The van der Waals surface area contributed by atoms with Gasteiger partial charge >= 0.3 is 6.01 Å². The summed E-state index contributed by atoms with van der Waals surface area (Å²) in [6.45, 7) is 2.12. The summed E-state index contributed by atoms with van der Waals surface area (Å²) < 4.78 is 52.9. The van der Waals surface area contributed by atoms with E-state index in [-0.39, 0.29) is 66.8 Å². The lowest BCUT2D eigenvalue weighted by Crippen LogP contribution is -2.43. The third-order valence-corrected chi connectivity index (χ3v) is 12.1. The van der Waals surface area contributed by atoms with Crippen LogP contribution >= 0.6 is 22.9 Å². The van der Waals surface area contributed by atoms with Crippen molar-refractivity contribution in [2.45, 2.75) is 43.8 Å². The molecular formula is C37H34ClF3N8O2S. The quantitative estimate of drug-likeness (QED) is 0.185. The van der Waals surface area contributed by atoms with Crippen LogP contribution in [0.15, 0.2) is 42.7 Å². The van der Waals surface area contributed by atoms with Gasteiger partial charge in [0.15, 0.2) is 5.82 Å². The first-order valence-electron chi connectivity index (χ1n) is 17.1. The lowest BCUT2D eigenvalue weighted by Gasteiger charge is -2.34. The van der Waals surface area contributed by atoms with E-state index in [9.17, 15) is 18.8 Å². The summed E-state index contributed by atoms with van der Waals surface area (Å²) in [4.78, 5) is 32.6. The summed E-state index contributed by atoms with van der Waals surface area (Å²) >= 11 is 7.78. The van der Waals surface area contributed by atoms with E-state index in [4.69, 9.17) is 27.1 Å². The molecule has 8 rings (SSSR count). The van der Waals surface area contributed by atoms with Crippen LogP contribution in [0.25, 0.3) is 32.1 Å². The van der Waals surface area contributed by atoms with Crippen LogP contribution < -0.4 is 20.3 Å². The van der Waals surface area contributed by atoms with E-state index in [2.05, 4.69) is 14.9 Å². The topological polar surface area (TPSA) is 125 Å². The first-order chi connectivity index (χ1) is 25.1. The number of alkyl halides is 1. The van der Waals surface area contributed by atoms with Gasteiger partial charge < -0.3 is 20.3 Å². The van der Waals surface area contributed by atoms with E-state index in [1.165, 1.54) is 12.1 Å². The van der Waals surface area contributed by atoms with Crippen molar-refractivity contribution in [3.63, 3.8) is 0 Å². The monoisotopic (exact) mass is 746 g/mol. The Hall–Kier alpha value is -4.71. The Balaban J connectivity index is 1.19. The van der Waals surface area contributed by atoms with Crippen molar-refractivity contribution >= 4 is 66.3 Å². The number of carbonyl (C=O) groups excluding carboxylic acids is 1. The van der Waals surface area contributed by atoms with E-state index in [0.717, 1.165) is 30.7 Å². The Bertz CT molecular complexity index is 2260. The minimum absolute atomic E-state index is 0.00803. The molecule has 2 aromatic carbocycles. The standard InChI is InChI=1S/C37H34ClF3N8O2S/c1-47(22-4-2-10-44-17-22)35(50)20-7-12-48(13-8-20)34-24-14-26(38)29(23-5-6-27(40)32-28(23)25(16-42)33(43)52-32)30(41)31(24)45-36(46-34)51-19-37-9-3-11-49(37)18-21(39)15-37/h2,4-6,10,14,17,20-21H,3,7-9,11-13,15,18-19,43H2,1H3/t21-,37+/m1/s1. The summed E-state index contributed by atoms with van der Waals surface area (Å²) in [5, 5.41) is 10.5. The third kappa shape index (κ3) is 5.75. The Morgan fingerprint density at radius 3 is 2.79 bits per heavy atom. The van der Waals surface area contributed by atoms with Crippen LogP contribution in [0.2, 0.25) is 5.02 Å². The van der Waals surface area contributed by atoms with Crippen LogP contribution in [-0.4, -0.2) is 77.3 Å². The van der Waals surface area contributed by atoms with E-state index in [1.807, 2.05) is 17.0 Å². The Morgan fingerprint density at radius 1 is 1.23 bits per heavy atom. The number of anilines is 3. The van der Waals surface area contributed by atoms with Crippen molar-refractivity contribution in [1.29, 1.82) is 5.26 Å². The molecule has 6 heterocycles. The van der Waals surface area contributed by atoms with E-state index in [1.54, 1.807) is 36.5 Å². The van der Waals surface area contributed by atoms with Gasteiger partial charge in [-0.15, -0.1) is 11.3 Å². The zero-order valence-electron chi connectivity index (χ0n) is 28.2. The number of nitriles is 1. The first-order valence-corrected chi connectivity index (χ1v) is 18.3. The molecule has 3 aromatic heterocycles. The van der Waals surface area contributed by atoms with Gasteiger partial charge in [0.25, 0.3) is 0 Å². The Morgan fingerprint density at radius 2 is 2.04 bits per heavy atom. The van der Waals surface area contributed by atoms with Gasteiger partial charge in [-0.05, 0) is 62.1 Å². The molecule has 0 unspecified atom stereocenters. The number of nitrogens with two attached hydrogens (primary N) is 1. The van der Waals surface area contributed by atoms with Crippen molar-refractivity contribution in [2.24, 2.45) is 5.92 Å². The average molecular weight is 747 g/mol. The van der Waals surface area contributed by atoms with Crippen LogP contribution in [0.1, 0.15) is 37.7 Å². The number of nitrogen functional groups attached to an aromatic ring is 1. The lowest BCUT2D eigenvalue weighted by molar-refractivity contribution is -0.122. The molecule has 10 nitrogen and oxygen atoms in total. The molecular weight excluding hydrogens is 713 g/mol. The minimum Gasteiger partial charge on any atom is -0.461 e. The van der Waals surface area contributed by atoms with Crippen molar-refractivity contribution < 1.29 is 22.7 Å². The third-order valence-electron chi connectivity index (χ3n) is 10.8. The maximum absolute atomic E-state index is 17.1. The van der Waals surface area contributed by atoms with E-state index < -0.39 is 23.3 Å². The summed E-state index contributed by atoms with van der Waals surface area (Å²) in [5.41, 5.74) is 6.37. The molecule has 3 fully saturated rings. The van der Waals surface area contributed by atoms with Gasteiger partial charge in [0.05, 0.1) is 32.7 Å². The molecule has 3 aliphatic heterocycles. The molecule has 3 saturated heterocycles. The fraction of sp³-hybridized carbons (Fsp3) is 0.378. The fourth-order valence-electron chi connectivity index (χ4n) is 8.16. The van der Waals surface area contributed by atoms with Gasteiger partial charge in [-0.25, -0.2) is 13.2 Å². The highest BCUT2D eigenvalue weighted by Gasteiger charge is 2.49. The number of ether oxygens (including phenoxy) is 1.